The first-order valence-electron chi connectivity index (χ1n) is 8.02. The van der Waals surface area contributed by atoms with Crippen LogP contribution in [0.4, 0.5) is 0 Å². The average Bonchev–Trinajstić information content (AvgIpc) is 2.72. The minimum absolute atomic E-state index is 0.105. The minimum Gasteiger partial charge on any atom is -0.466 e. The largest absolute Gasteiger partial charge is 0.466 e. The van der Waals surface area contributed by atoms with E-state index in [1.165, 1.54) is 0 Å². The maximum absolute atomic E-state index is 12.8. The zero-order valence-electron chi connectivity index (χ0n) is 14.0. The Morgan fingerprint density at radius 3 is 2.29 bits per heavy atom. The van der Waals surface area contributed by atoms with E-state index in [4.69, 9.17) is 4.42 Å². The highest BCUT2D eigenvalue weighted by molar-refractivity contribution is 5.96. The highest BCUT2D eigenvalue weighted by atomic mass is 16.3. The average molecular weight is 292 g/mol. The lowest BCUT2D eigenvalue weighted by Gasteiger charge is -2.35. The number of nitrogens with zero attached hydrogens (tertiary/aromatic N) is 1. The number of furan rings is 1. The molecule has 1 amide bonds. The Morgan fingerprint density at radius 2 is 1.81 bits per heavy atom. The summed E-state index contributed by atoms with van der Waals surface area (Å²) in [7, 11) is 1.93. The van der Waals surface area contributed by atoms with Gasteiger partial charge in [-0.05, 0) is 53.0 Å². The summed E-state index contributed by atoms with van der Waals surface area (Å²) in [5.41, 5.74) is 1.73. The molecule has 0 unspecified atom stereocenters. The molecule has 0 spiro atoms. The van der Waals surface area contributed by atoms with Gasteiger partial charge in [-0.2, -0.15) is 0 Å². The van der Waals surface area contributed by atoms with Crippen LogP contribution in [0.2, 0.25) is 0 Å². The summed E-state index contributed by atoms with van der Waals surface area (Å²) in [5, 5.41) is 3.51. The van der Waals surface area contributed by atoms with E-state index < -0.39 is 0 Å². The zero-order valence-corrected chi connectivity index (χ0v) is 14.0. The van der Waals surface area contributed by atoms with Crippen molar-refractivity contribution in [2.24, 2.45) is 0 Å². The molecule has 1 aliphatic rings. The molecule has 0 radical (unpaired) electrons. The van der Waals surface area contributed by atoms with Gasteiger partial charge in [-0.15, -0.1) is 0 Å². The number of aryl methyl sites for hydroxylation is 2. The first-order chi connectivity index (χ1) is 9.95. The summed E-state index contributed by atoms with van der Waals surface area (Å²) < 4.78 is 5.60. The quantitative estimate of drug-likeness (QED) is 0.927. The van der Waals surface area contributed by atoms with Crippen LogP contribution in [0, 0.1) is 20.8 Å². The summed E-state index contributed by atoms with van der Waals surface area (Å²) >= 11 is 0. The van der Waals surface area contributed by atoms with Crippen LogP contribution in [0.1, 0.15) is 60.0 Å². The summed E-state index contributed by atoms with van der Waals surface area (Å²) in [4.78, 5) is 14.7. The van der Waals surface area contributed by atoms with E-state index in [0.717, 1.165) is 54.9 Å². The number of rotatable bonds is 4. The van der Waals surface area contributed by atoms with E-state index in [0.29, 0.717) is 12.1 Å². The fourth-order valence-electron chi connectivity index (χ4n) is 3.41. The Kier molecular flexibility index (Phi) is 5.09. The predicted octanol–water partition coefficient (Wildman–Crippen LogP) is 3.20. The molecule has 1 aromatic rings. The summed E-state index contributed by atoms with van der Waals surface area (Å²) in [6.45, 7) is 8.93. The molecule has 0 aliphatic heterocycles. The van der Waals surface area contributed by atoms with Crippen molar-refractivity contribution in [2.45, 2.75) is 65.5 Å². The molecule has 4 heteroatoms. The minimum atomic E-state index is 0.105. The van der Waals surface area contributed by atoms with Gasteiger partial charge in [0.1, 0.15) is 11.5 Å². The van der Waals surface area contributed by atoms with Crippen LogP contribution < -0.4 is 5.32 Å². The summed E-state index contributed by atoms with van der Waals surface area (Å²) in [6, 6.07) is 0.968. The third kappa shape index (κ3) is 3.31. The Balaban J connectivity index is 2.03. The number of carbonyl (C=O) groups is 1. The topological polar surface area (TPSA) is 45.5 Å². The monoisotopic (exact) mass is 292 g/mol. The van der Waals surface area contributed by atoms with E-state index in [-0.39, 0.29) is 5.91 Å². The van der Waals surface area contributed by atoms with Gasteiger partial charge in [0.15, 0.2) is 0 Å². The predicted molar refractivity (Wildman–Crippen MR) is 84.7 cm³/mol. The van der Waals surface area contributed by atoms with E-state index in [1.807, 2.05) is 32.7 Å². The van der Waals surface area contributed by atoms with Crippen molar-refractivity contribution in [3.05, 3.63) is 22.6 Å². The maximum atomic E-state index is 12.8. The smallest absolute Gasteiger partial charge is 0.257 e. The molecule has 4 nitrogen and oxygen atoms in total. The van der Waals surface area contributed by atoms with Crippen molar-refractivity contribution in [2.75, 3.05) is 13.6 Å². The second-order valence-electron chi connectivity index (χ2n) is 6.19. The SMILES string of the molecule is CCNC1CCC(N(C)C(=O)c2c(C)oc(C)c2C)CC1. The number of nitrogens with one attached hydrogen (secondary N) is 1. The molecule has 0 aromatic carbocycles. The molecule has 0 bridgehead atoms. The molecule has 1 fully saturated rings. The van der Waals surface area contributed by atoms with Crippen LogP contribution in [0.15, 0.2) is 4.42 Å². The van der Waals surface area contributed by atoms with Gasteiger partial charge in [0.2, 0.25) is 0 Å². The lowest BCUT2D eigenvalue weighted by atomic mass is 9.90. The van der Waals surface area contributed by atoms with Gasteiger partial charge < -0.3 is 14.6 Å². The molecule has 21 heavy (non-hydrogen) atoms. The molecule has 1 heterocycles. The number of carbonyl (C=O) groups excluding carboxylic acids is 1. The lowest BCUT2D eigenvalue weighted by Crippen LogP contribution is -2.43. The van der Waals surface area contributed by atoms with Crippen molar-refractivity contribution in [3.63, 3.8) is 0 Å². The maximum Gasteiger partial charge on any atom is 0.257 e. The summed E-state index contributed by atoms with van der Waals surface area (Å²) in [5.74, 6) is 1.69. The van der Waals surface area contributed by atoms with Gasteiger partial charge in [0, 0.05) is 24.7 Å². The van der Waals surface area contributed by atoms with Crippen molar-refractivity contribution in [3.8, 4) is 0 Å². The Labute approximate surface area is 127 Å². The third-order valence-electron chi connectivity index (χ3n) is 4.83. The first kappa shape index (κ1) is 16.1. The van der Waals surface area contributed by atoms with Crippen LogP contribution >= 0.6 is 0 Å². The van der Waals surface area contributed by atoms with Crippen LogP contribution in [-0.4, -0.2) is 36.5 Å². The highest BCUT2D eigenvalue weighted by Gasteiger charge is 2.29. The zero-order chi connectivity index (χ0) is 15.6. The van der Waals surface area contributed by atoms with Crippen LogP contribution in [-0.2, 0) is 0 Å². The van der Waals surface area contributed by atoms with Crippen molar-refractivity contribution in [1.29, 1.82) is 0 Å². The summed E-state index contributed by atoms with van der Waals surface area (Å²) in [6.07, 6.45) is 4.46. The van der Waals surface area contributed by atoms with E-state index in [1.54, 1.807) is 0 Å². The lowest BCUT2D eigenvalue weighted by molar-refractivity contribution is 0.0682. The molecule has 1 N–H and O–H groups in total. The third-order valence-corrected chi connectivity index (χ3v) is 4.83. The first-order valence-corrected chi connectivity index (χ1v) is 8.02. The molecule has 0 atom stereocenters. The molecule has 1 aliphatic carbocycles. The van der Waals surface area contributed by atoms with E-state index >= 15 is 0 Å². The Hall–Kier alpha value is -1.29. The molecule has 0 saturated heterocycles. The number of hydrogen-bond acceptors (Lipinski definition) is 3. The van der Waals surface area contributed by atoms with Crippen LogP contribution in [0.5, 0.6) is 0 Å². The van der Waals surface area contributed by atoms with Crippen molar-refractivity contribution in [1.82, 2.24) is 10.2 Å². The Bertz CT molecular complexity index is 499. The number of hydrogen-bond donors (Lipinski definition) is 1. The van der Waals surface area contributed by atoms with Gasteiger partial charge in [-0.3, -0.25) is 4.79 Å². The van der Waals surface area contributed by atoms with Crippen LogP contribution in [0.3, 0.4) is 0 Å². The van der Waals surface area contributed by atoms with Crippen molar-refractivity contribution >= 4 is 5.91 Å². The van der Waals surface area contributed by atoms with Gasteiger partial charge in [0.25, 0.3) is 5.91 Å². The Morgan fingerprint density at radius 1 is 1.19 bits per heavy atom. The molecule has 2 rings (SSSR count). The van der Waals surface area contributed by atoms with Crippen molar-refractivity contribution < 1.29 is 9.21 Å². The highest BCUT2D eigenvalue weighted by Crippen LogP contribution is 2.27. The van der Waals surface area contributed by atoms with E-state index in [2.05, 4.69) is 12.2 Å². The number of amides is 1. The second kappa shape index (κ2) is 6.65. The van der Waals surface area contributed by atoms with Gasteiger partial charge in [-0.25, -0.2) is 0 Å². The van der Waals surface area contributed by atoms with Gasteiger partial charge >= 0.3 is 0 Å². The van der Waals surface area contributed by atoms with Gasteiger partial charge in [0.05, 0.1) is 5.56 Å². The van der Waals surface area contributed by atoms with E-state index in [9.17, 15) is 4.79 Å². The second-order valence-corrected chi connectivity index (χ2v) is 6.19. The van der Waals surface area contributed by atoms with Gasteiger partial charge in [-0.1, -0.05) is 6.92 Å². The molecule has 1 saturated carbocycles. The standard InChI is InChI=1S/C17H28N2O2/c1-6-18-14-7-9-15(10-8-14)19(5)17(20)16-11(2)12(3)21-13(16)4/h14-15,18H,6-10H2,1-5H3. The molecule has 1 aromatic heterocycles. The molecular weight excluding hydrogens is 264 g/mol. The molecular formula is C17H28N2O2. The fourth-order valence-corrected chi connectivity index (χ4v) is 3.41. The van der Waals surface area contributed by atoms with Crippen LogP contribution in [0.25, 0.3) is 0 Å². The normalized spacial score (nSPS) is 22.3. The fraction of sp³-hybridized carbons (Fsp3) is 0.706. The molecule has 118 valence electrons.